The second kappa shape index (κ2) is 5.25. The van der Waals surface area contributed by atoms with Gasteiger partial charge < -0.3 is 4.90 Å². The lowest BCUT2D eigenvalue weighted by molar-refractivity contribution is 1.14. The Labute approximate surface area is 112 Å². The van der Waals surface area contributed by atoms with Crippen molar-refractivity contribution in [3.8, 4) is 12.1 Å². The normalized spacial score (nSPS) is 9.47. The van der Waals surface area contributed by atoms with Gasteiger partial charge in [-0.2, -0.15) is 10.5 Å². The van der Waals surface area contributed by atoms with Gasteiger partial charge in [0.2, 0.25) is 0 Å². The monoisotopic (exact) mass is 247 g/mol. The first-order valence-corrected chi connectivity index (χ1v) is 5.88. The highest BCUT2D eigenvalue weighted by Crippen LogP contribution is 2.29. The van der Waals surface area contributed by atoms with E-state index in [1.165, 1.54) is 0 Å². The van der Waals surface area contributed by atoms with Crippen LogP contribution in [0.5, 0.6) is 0 Å². The number of anilines is 1. The number of benzene rings is 2. The molecule has 0 amide bonds. The maximum absolute atomic E-state index is 8.85. The van der Waals surface area contributed by atoms with E-state index < -0.39 is 0 Å². The number of allylic oxidation sites excluding steroid dienone is 1. The Balaban J connectivity index is 2.74. The lowest BCUT2D eigenvalue weighted by Gasteiger charge is -2.16. The number of hydrogen-bond donors (Lipinski definition) is 0. The summed E-state index contributed by atoms with van der Waals surface area (Å²) >= 11 is 0. The Morgan fingerprint density at radius 2 is 1.63 bits per heavy atom. The van der Waals surface area contributed by atoms with Gasteiger partial charge in [-0.25, -0.2) is 0 Å². The Bertz CT molecular complexity index is 712. The van der Waals surface area contributed by atoms with Crippen molar-refractivity contribution in [2.24, 2.45) is 0 Å². The highest BCUT2D eigenvalue weighted by atomic mass is 15.1. The molecule has 0 bridgehead atoms. The molecule has 0 aliphatic carbocycles. The van der Waals surface area contributed by atoms with Crippen molar-refractivity contribution < 1.29 is 0 Å². The molecule has 0 unspecified atom stereocenters. The quantitative estimate of drug-likeness (QED) is 0.765. The molecule has 3 heteroatoms. The van der Waals surface area contributed by atoms with E-state index in [4.69, 9.17) is 10.5 Å². The molecule has 2 aromatic carbocycles. The summed E-state index contributed by atoms with van der Waals surface area (Å²) < 4.78 is 0. The third kappa shape index (κ3) is 2.41. The molecule has 0 aromatic heterocycles. The largest absolute Gasteiger partial charge is 0.377 e. The number of fused-ring (bicyclic) bond motifs is 1. The van der Waals surface area contributed by atoms with Crippen molar-refractivity contribution in [2.45, 2.75) is 0 Å². The third-order valence-electron chi connectivity index (χ3n) is 2.96. The summed E-state index contributed by atoms with van der Waals surface area (Å²) in [5.41, 5.74) is 2.12. The molecule has 0 aliphatic rings. The van der Waals surface area contributed by atoms with Crippen molar-refractivity contribution in [3.63, 3.8) is 0 Å². The summed E-state index contributed by atoms with van der Waals surface area (Å²) in [6.07, 6.45) is 1.63. The molecule has 0 N–H and O–H groups in total. The summed E-state index contributed by atoms with van der Waals surface area (Å²) in [5, 5.41) is 19.9. The van der Waals surface area contributed by atoms with Crippen LogP contribution in [0.25, 0.3) is 16.8 Å². The highest BCUT2D eigenvalue weighted by Gasteiger charge is 2.06. The van der Waals surface area contributed by atoms with Crippen LogP contribution in [-0.2, 0) is 0 Å². The summed E-state index contributed by atoms with van der Waals surface area (Å²) in [7, 11) is 3.99. The molecule has 0 radical (unpaired) electrons. The smallest absolute Gasteiger partial charge is 0.130 e. The molecule has 0 saturated heterocycles. The predicted octanol–water partition coefficient (Wildman–Crippen LogP) is 3.34. The molecular formula is C16H13N3. The van der Waals surface area contributed by atoms with Gasteiger partial charge in [-0.3, -0.25) is 0 Å². The van der Waals surface area contributed by atoms with Gasteiger partial charge in [0.25, 0.3) is 0 Å². The molecule has 2 rings (SSSR count). The Morgan fingerprint density at radius 3 is 2.21 bits per heavy atom. The van der Waals surface area contributed by atoms with Crippen LogP contribution in [0.3, 0.4) is 0 Å². The van der Waals surface area contributed by atoms with Gasteiger partial charge in [-0.05, 0) is 23.1 Å². The van der Waals surface area contributed by atoms with E-state index in [0.717, 1.165) is 22.0 Å². The summed E-state index contributed by atoms with van der Waals surface area (Å²) in [4.78, 5) is 2.05. The van der Waals surface area contributed by atoms with Crippen molar-refractivity contribution >= 4 is 22.5 Å². The van der Waals surface area contributed by atoms with Crippen LogP contribution in [0.4, 0.5) is 5.69 Å². The second-order valence-corrected chi connectivity index (χ2v) is 4.40. The topological polar surface area (TPSA) is 50.8 Å². The van der Waals surface area contributed by atoms with E-state index in [-0.39, 0.29) is 5.57 Å². The fourth-order valence-corrected chi connectivity index (χ4v) is 2.07. The van der Waals surface area contributed by atoms with Crippen LogP contribution in [0.15, 0.2) is 42.0 Å². The summed E-state index contributed by atoms with van der Waals surface area (Å²) in [6, 6.07) is 15.7. The fraction of sp³-hybridized carbons (Fsp3) is 0.125. The first-order chi connectivity index (χ1) is 9.17. The molecule has 2 aromatic rings. The van der Waals surface area contributed by atoms with E-state index in [9.17, 15) is 0 Å². The fourth-order valence-electron chi connectivity index (χ4n) is 2.07. The maximum Gasteiger partial charge on any atom is 0.130 e. The lowest BCUT2D eigenvalue weighted by Crippen LogP contribution is -2.09. The maximum atomic E-state index is 8.85. The summed E-state index contributed by atoms with van der Waals surface area (Å²) in [6.45, 7) is 0. The van der Waals surface area contributed by atoms with E-state index in [1.807, 2.05) is 67.5 Å². The minimum atomic E-state index is 0.114. The van der Waals surface area contributed by atoms with Gasteiger partial charge in [0.15, 0.2) is 0 Å². The van der Waals surface area contributed by atoms with Gasteiger partial charge >= 0.3 is 0 Å². The Hall–Kier alpha value is -2.78. The molecule has 92 valence electrons. The molecule has 0 saturated carbocycles. The zero-order valence-corrected chi connectivity index (χ0v) is 10.9. The molecule has 0 spiro atoms. The van der Waals surface area contributed by atoms with Gasteiger partial charge in [-0.1, -0.05) is 30.3 Å². The minimum absolute atomic E-state index is 0.114. The van der Waals surface area contributed by atoms with Gasteiger partial charge in [0.1, 0.15) is 17.7 Å². The van der Waals surface area contributed by atoms with Crippen LogP contribution in [-0.4, -0.2) is 14.1 Å². The lowest BCUT2D eigenvalue weighted by atomic mass is 10.0. The SMILES string of the molecule is CN(C)c1ccc(C=C(C#N)C#N)c2ccccc12. The number of rotatable bonds is 2. The zero-order chi connectivity index (χ0) is 13.8. The van der Waals surface area contributed by atoms with E-state index in [1.54, 1.807) is 6.08 Å². The minimum Gasteiger partial charge on any atom is -0.377 e. The number of nitriles is 2. The van der Waals surface area contributed by atoms with Gasteiger partial charge in [0, 0.05) is 25.2 Å². The van der Waals surface area contributed by atoms with Gasteiger partial charge in [0.05, 0.1) is 0 Å². The van der Waals surface area contributed by atoms with Crippen LogP contribution >= 0.6 is 0 Å². The first-order valence-electron chi connectivity index (χ1n) is 5.88. The van der Waals surface area contributed by atoms with E-state index in [2.05, 4.69) is 0 Å². The Kier molecular flexibility index (Phi) is 3.50. The number of hydrogen-bond acceptors (Lipinski definition) is 3. The zero-order valence-electron chi connectivity index (χ0n) is 10.9. The van der Waals surface area contributed by atoms with Crippen LogP contribution < -0.4 is 4.90 Å². The highest BCUT2D eigenvalue weighted by molar-refractivity contribution is 5.99. The van der Waals surface area contributed by atoms with Crippen molar-refractivity contribution in [3.05, 3.63) is 47.5 Å². The van der Waals surface area contributed by atoms with Crippen molar-refractivity contribution in [2.75, 3.05) is 19.0 Å². The average Bonchev–Trinajstić information content (AvgIpc) is 2.44. The molecule has 19 heavy (non-hydrogen) atoms. The third-order valence-corrected chi connectivity index (χ3v) is 2.96. The van der Waals surface area contributed by atoms with Gasteiger partial charge in [-0.15, -0.1) is 0 Å². The molecule has 0 fully saturated rings. The predicted molar refractivity (Wildman–Crippen MR) is 77.5 cm³/mol. The second-order valence-electron chi connectivity index (χ2n) is 4.40. The average molecular weight is 247 g/mol. The molecule has 3 nitrogen and oxygen atoms in total. The van der Waals surface area contributed by atoms with Crippen LogP contribution in [0, 0.1) is 22.7 Å². The van der Waals surface area contributed by atoms with E-state index in [0.29, 0.717) is 0 Å². The number of nitrogens with zero attached hydrogens (tertiary/aromatic N) is 3. The molecule has 0 atom stereocenters. The summed E-state index contributed by atoms with van der Waals surface area (Å²) in [5.74, 6) is 0. The Morgan fingerprint density at radius 1 is 1.00 bits per heavy atom. The molecule has 0 heterocycles. The molecular weight excluding hydrogens is 234 g/mol. The van der Waals surface area contributed by atoms with Crippen LogP contribution in [0.1, 0.15) is 5.56 Å². The molecule has 0 aliphatic heterocycles. The van der Waals surface area contributed by atoms with Crippen LogP contribution in [0.2, 0.25) is 0 Å². The standard InChI is InChI=1S/C16H13N3/c1-19(2)16-8-7-13(9-12(10-17)11-18)14-5-3-4-6-15(14)16/h3-9H,1-2H3. The van der Waals surface area contributed by atoms with E-state index >= 15 is 0 Å². The first kappa shape index (κ1) is 12.7. The van der Waals surface area contributed by atoms with Crippen molar-refractivity contribution in [1.29, 1.82) is 10.5 Å². The van der Waals surface area contributed by atoms with Crippen molar-refractivity contribution in [1.82, 2.24) is 0 Å².